The molecule has 1 fully saturated rings. The molecule has 1 aromatic carbocycles. The van der Waals surface area contributed by atoms with Crippen molar-refractivity contribution in [1.29, 1.82) is 0 Å². The minimum atomic E-state index is -0.825. The zero-order chi connectivity index (χ0) is 14.9. The lowest BCUT2D eigenvalue weighted by Crippen LogP contribution is -2.69. The predicted molar refractivity (Wildman–Crippen MR) is 78.1 cm³/mol. The summed E-state index contributed by atoms with van der Waals surface area (Å²) >= 11 is 0. The minimum absolute atomic E-state index is 0.00142. The number of benzene rings is 1. The number of rotatable bonds is 3. The summed E-state index contributed by atoms with van der Waals surface area (Å²) in [4.78, 5) is 26.6. The molecule has 1 aromatic rings. The Kier molecular flexibility index (Phi) is 3.84. The maximum Gasteiger partial charge on any atom is 0.248 e. The Morgan fingerprint density at radius 2 is 1.80 bits per heavy atom. The highest BCUT2D eigenvalue weighted by Gasteiger charge is 2.45. The lowest BCUT2D eigenvalue weighted by molar-refractivity contribution is -0.155. The van der Waals surface area contributed by atoms with Gasteiger partial charge in [-0.05, 0) is 33.3 Å². The maximum atomic E-state index is 12.5. The number of carbonyl (C=O) groups is 2. The van der Waals surface area contributed by atoms with Crippen molar-refractivity contribution in [2.45, 2.75) is 51.7 Å². The van der Waals surface area contributed by atoms with Gasteiger partial charge in [-0.3, -0.25) is 9.59 Å². The molecule has 1 saturated heterocycles. The van der Waals surface area contributed by atoms with Crippen LogP contribution < -0.4 is 5.32 Å². The molecule has 0 bridgehead atoms. The number of amides is 2. The van der Waals surface area contributed by atoms with Crippen molar-refractivity contribution < 1.29 is 9.59 Å². The van der Waals surface area contributed by atoms with Crippen LogP contribution in [0, 0.1) is 0 Å². The zero-order valence-corrected chi connectivity index (χ0v) is 12.5. The van der Waals surface area contributed by atoms with Gasteiger partial charge >= 0.3 is 0 Å². The van der Waals surface area contributed by atoms with E-state index in [1.807, 2.05) is 44.2 Å². The Morgan fingerprint density at radius 1 is 1.20 bits per heavy atom. The first kappa shape index (κ1) is 14.6. The van der Waals surface area contributed by atoms with Crippen LogP contribution in [0.5, 0.6) is 0 Å². The number of carbonyl (C=O) groups excluding carboxylic acids is 2. The lowest BCUT2D eigenvalue weighted by Gasteiger charge is -2.45. The van der Waals surface area contributed by atoms with E-state index in [2.05, 4.69) is 5.32 Å². The van der Waals surface area contributed by atoms with Crippen LogP contribution in [0.1, 0.15) is 33.3 Å². The summed E-state index contributed by atoms with van der Waals surface area (Å²) in [7, 11) is 0. The van der Waals surface area contributed by atoms with Gasteiger partial charge in [0.1, 0.15) is 11.6 Å². The number of nitrogens with one attached hydrogen (secondary N) is 1. The van der Waals surface area contributed by atoms with Crippen molar-refractivity contribution in [3.63, 3.8) is 0 Å². The Hall–Kier alpha value is -1.84. The molecule has 1 N–H and O–H groups in total. The van der Waals surface area contributed by atoms with Gasteiger partial charge in [0.2, 0.25) is 11.8 Å². The number of nitrogens with zero attached hydrogens (tertiary/aromatic N) is 1. The van der Waals surface area contributed by atoms with Gasteiger partial charge in [-0.1, -0.05) is 30.3 Å². The molecule has 0 saturated carbocycles. The van der Waals surface area contributed by atoms with Crippen LogP contribution in [-0.4, -0.2) is 34.3 Å². The maximum absolute atomic E-state index is 12.5. The van der Waals surface area contributed by atoms with Crippen molar-refractivity contribution >= 4 is 11.8 Å². The SMILES string of the molecule is CC(C)N1C(=O)C(C)(C)NC(=O)C1Cc1ccccc1. The Morgan fingerprint density at radius 3 is 2.35 bits per heavy atom. The monoisotopic (exact) mass is 274 g/mol. The second kappa shape index (κ2) is 5.27. The summed E-state index contributed by atoms with van der Waals surface area (Å²) < 4.78 is 0. The van der Waals surface area contributed by atoms with Crippen molar-refractivity contribution in [2.24, 2.45) is 0 Å². The van der Waals surface area contributed by atoms with Crippen LogP contribution in [-0.2, 0) is 16.0 Å². The fourth-order valence-electron chi connectivity index (χ4n) is 2.66. The third-order valence-electron chi connectivity index (χ3n) is 3.67. The summed E-state index contributed by atoms with van der Waals surface area (Å²) in [5, 5.41) is 2.83. The largest absolute Gasteiger partial charge is 0.340 e. The first-order valence-electron chi connectivity index (χ1n) is 7.01. The Bertz CT molecular complexity index is 508. The van der Waals surface area contributed by atoms with E-state index in [0.29, 0.717) is 6.42 Å². The van der Waals surface area contributed by atoms with E-state index in [1.165, 1.54) is 0 Å². The first-order valence-corrected chi connectivity index (χ1v) is 7.01. The van der Waals surface area contributed by atoms with Gasteiger partial charge in [-0.2, -0.15) is 0 Å². The van der Waals surface area contributed by atoms with Crippen molar-refractivity contribution in [3.8, 4) is 0 Å². The fraction of sp³-hybridized carbons (Fsp3) is 0.500. The molecule has 0 aromatic heterocycles. The molecule has 1 aliphatic rings. The van der Waals surface area contributed by atoms with E-state index in [-0.39, 0.29) is 17.9 Å². The molecule has 1 unspecified atom stereocenters. The van der Waals surface area contributed by atoms with E-state index in [4.69, 9.17) is 0 Å². The smallest absolute Gasteiger partial charge is 0.248 e. The fourth-order valence-corrected chi connectivity index (χ4v) is 2.66. The lowest BCUT2D eigenvalue weighted by atomic mass is 9.92. The van der Waals surface area contributed by atoms with Gasteiger partial charge in [-0.15, -0.1) is 0 Å². The van der Waals surface area contributed by atoms with Crippen LogP contribution in [0.2, 0.25) is 0 Å². The molecule has 1 heterocycles. The third-order valence-corrected chi connectivity index (χ3v) is 3.67. The van der Waals surface area contributed by atoms with Gasteiger partial charge < -0.3 is 10.2 Å². The van der Waals surface area contributed by atoms with Crippen molar-refractivity contribution in [1.82, 2.24) is 10.2 Å². The molecular formula is C16H22N2O2. The number of hydrogen-bond acceptors (Lipinski definition) is 2. The predicted octanol–water partition coefficient (Wildman–Crippen LogP) is 1.74. The molecule has 0 aliphatic carbocycles. The third kappa shape index (κ3) is 2.69. The van der Waals surface area contributed by atoms with Crippen LogP contribution in [0.3, 0.4) is 0 Å². The Labute approximate surface area is 120 Å². The van der Waals surface area contributed by atoms with Crippen molar-refractivity contribution in [2.75, 3.05) is 0 Å². The molecule has 1 aliphatic heterocycles. The topological polar surface area (TPSA) is 49.4 Å². The van der Waals surface area contributed by atoms with E-state index in [0.717, 1.165) is 5.56 Å². The first-order chi connectivity index (χ1) is 9.33. The van der Waals surface area contributed by atoms with E-state index < -0.39 is 11.6 Å². The number of hydrogen-bond donors (Lipinski definition) is 1. The highest BCUT2D eigenvalue weighted by Crippen LogP contribution is 2.23. The van der Waals surface area contributed by atoms with Gasteiger partial charge in [0.15, 0.2) is 0 Å². The second-order valence-electron chi connectivity index (χ2n) is 6.13. The van der Waals surface area contributed by atoms with Crippen molar-refractivity contribution in [3.05, 3.63) is 35.9 Å². The normalized spacial score (nSPS) is 22.1. The van der Waals surface area contributed by atoms with Crippen LogP contribution >= 0.6 is 0 Å². The van der Waals surface area contributed by atoms with E-state index in [9.17, 15) is 9.59 Å². The van der Waals surface area contributed by atoms with E-state index in [1.54, 1.807) is 18.7 Å². The average molecular weight is 274 g/mol. The zero-order valence-electron chi connectivity index (χ0n) is 12.5. The van der Waals surface area contributed by atoms with Crippen LogP contribution in [0.25, 0.3) is 0 Å². The second-order valence-corrected chi connectivity index (χ2v) is 6.13. The minimum Gasteiger partial charge on any atom is -0.340 e. The van der Waals surface area contributed by atoms with Gasteiger partial charge in [0, 0.05) is 12.5 Å². The molecular weight excluding hydrogens is 252 g/mol. The molecule has 2 amide bonds. The molecule has 2 rings (SSSR count). The highest BCUT2D eigenvalue weighted by atomic mass is 16.2. The van der Waals surface area contributed by atoms with E-state index >= 15 is 0 Å². The molecule has 0 radical (unpaired) electrons. The quantitative estimate of drug-likeness (QED) is 0.913. The molecule has 108 valence electrons. The van der Waals surface area contributed by atoms with Gasteiger partial charge in [-0.25, -0.2) is 0 Å². The summed E-state index contributed by atoms with van der Waals surface area (Å²) in [5.74, 6) is -0.0971. The standard InChI is InChI=1S/C16H22N2O2/c1-11(2)18-13(10-12-8-6-5-7-9-12)14(19)17-16(3,4)15(18)20/h5-9,11,13H,10H2,1-4H3,(H,17,19). The summed E-state index contributed by atoms with van der Waals surface area (Å²) in [6.45, 7) is 7.40. The molecule has 4 nitrogen and oxygen atoms in total. The summed E-state index contributed by atoms with van der Waals surface area (Å²) in [5.41, 5.74) is 0.236. The van der Waals surface area contributed by atoms with Crippen LogP contribution in [0.4, 0.5) is 0 Å². The van der Waals surface area contributed by atoms with Crippen LogP contribution in [0.15, 0.2) is 30.3 Å². The number of piperazine rings is 1. The molecule has 1 atom stereocenters. The summed E-state index contributed by atoms with van der Waals surface area (Å²) in [6.07, 6.45) is 0.548. The summed E-state index contributed by atoms with van der Waals surface area (Å²) in [6, 6.07) is 9.37. The highest BCUT2D eigenvalue weighted by molar-refractivity contribution is 5.99. The molecule has 20 heavy (non-hydrogen) atoms. The molecule has 0 spiro atoms. The Balaban J connectivity index is 2.30. The average Bonchev–Trinajstić information content (AvgIpc) is 2.36. The molecule has 4 heteroatoms. The van der Waals surface area contributed by atoms with Gasteiger partial charge in [0.25, 0.3) is 0 Å². The van der Waals surface area contributed by atoms with Gasteiger partial charge in [0.05, 0.1) is 0 Å².